The van der Waals surface area contributed by atoms with Crippen LogP contribution >= 0.6 is 0 Å². The van der Waals surface area contributed by atoms with E-state index in [-0.39, 0.29) is 12.1 Å². The standard InChI is InChI=1S/C11H17NO2/c1-13-8-10(12)11(14-2)9-6-4-3-5-7-9/h3-7,10-11H,8,12H2,1-2H3/t10-,11?/m1/s1. The normalized spacial score (nSPS) is 15.1. The van der Waals surface area contributed by atoms with E-state index in [1.807, 2.05) is 30.3 Å². The van der Waals surface area contributed by atoms with Crippen LogP contribution in [0.5, 0.6) is 0 Å². The Kier molecular flexibility index (Phi) is 4.59. The molecule has 1 aromatic carbocycles. The Hall–Kier alpha value is -0.900. The van der Waals surface area contributed by atoms with Crippen molar-refractivity contribution in [2.45, 2.75) is 12.1 Å². The molecular formula is C11H17NO2. The van der Waals surface area contributed by atoms with Crippen molar-refractivity contribution in [3.8, 4) is 0 Å². The van der Waals surface area contributed by atoms with E-state index in [0.717, 1.165) is 5.56 Å². The third-order valence-corrected chi connectivity index (χ3v) is 2.13. The van der Waals surface area contributed by atoms with Crippen LogP contribution in [0.15, 0.2) is 30.3 Å². The van der Waals surface area contributed by atoms with Crippen molar-refractivity contribution < 1.29 is 9.47 Å². The van der Waals surface area contributed by atoms with Crippen LogP contribution in [0.3, 0.4) is 0 Å². The van der Waals surface area contributed by atoms with Crippen molar-refractivity contribution in [2.24, 2.45) is 5.73 Å². The Balaban J connectivity index is 2.71. The molecule has 0 saturated heterocycles. The maximum atomic E-state index is 5.92. The van der Waals surface area contributed by atoms with E-state index < -0.39 is 0 Å². The summed E-state index contributed by atoms with van der Waals surface area (Å²) < 4.78 is 10.3. The molecule has 0 fully saturated rings. The van der Waals surface area contributed by atoms with Crippen LogP contribution in [0, 0.1) is 0 Å². The minimum absolute atomic E-state index is 0.101. The topological polar surface area (TPSA) is 44.5 Å². The minimum atomic E-state index is -0.132. The highest BCUT2D eigenvalue weighted by molar-refractivity contribution is 5.19. The van der Waals surface area contributed by atoms with Gasteiger partial charge in [0.25, 0.3) is 0 Å². The van der Waals surface area contributed by atoms with Crippen molar-refractivity contribution in [3.63, 3.8) is 0 Å². The summed E-state index contributed by atoms with van der Waals surface area (Å²) in [5.41, 5.74) is 7.00. The number of hydrogen-bond donors (Lipinski definition) is 1. The number of nitrogens with two attached hydrogens (primary N) is 1. The van der Waals surface area contributed by atoms with Gasteiger partial charge in [-0.3, -0.25) is 0 Å². The first-order valence-corrected chi connectivity index (χ1v) is 4.62. The lowest BCUT2D eigenvalue weighted by atomic mass is 10.0. The van der Waals surface area contributed by atoms with Gasteiger partial charge < -0.3 is 15.2 Å². The highest BCUT2D eigenvalue weighted by Crippen LogP contribution is 2.18. The van der Waals surface area contributed by atoms with E-state index in [1.54, 1.807) is 14.2 Å². The average Bonchev–Trinajstić information content (AvgIpc) is 2.21. The highest BCUT2D eigenvalue weighted by atomic mass is 16.5. The Bertz CT molecular complexity index is 251. The number of rotatable bonds is 5. The van der Waals surface area contributed by atoms with Gasteiger partial charge in [-0.05, 0) is 5.56 Å². The monoisotopic (exact) mass is 195 g/mol. The molecule has 0 aromatic heterocycles. The van der Waals surface area contributed by atoms with Gasteiger partial charge in [0.1, 0.15) is 0 Å². The summed E-state index contributed by atoms with van der Waals surface area (Å²) in [6.45, 7) is 0.493. The second-order valence-corrected chi connectivity index (χ2v) is 3.19. The van der Waals surface area contributed by atoms with Gasteiger partial charge in [-0.25, -0.2) is 0 Å². The Morgan fingerprint density at radius 3 is 2.36 bits per heavy atom. The van der Waals surface area contributed by atoms with Crippen molar-refractivity contribution in [1.29, 1.82) is 0 Å². The molecule has 1 rings (SSSR count). The van der Waals surface area contributed by atoms with Crippen LogP contribution < -0.4 is 5.73 Å². The molecule has 3 heteroatoms. The van der Waals surface area contributed by atoms with Gasteiger partial charge in [0.15, 0.2) is 0 Å². The lowest BCUT2D eigenvalue weighted by Crippen LogP contribution is -2.33. The summed E-state index contributed by atoms with van der Waals surface area (Å²) in [6, 6.07) is 9.79. The zero-order valence-corrected chi connectivity index (χ0v) is 8.64. The third kappa shape index (κ3) is 2.80. The molecule has 0 aliphatic heterocycles. The predicted molar refractivity (Wildman–Crippen MR) is 56.0 cm³/mol. The molecule has 0 aliphatic carbocycles. The molecule has 14 heavy (non-hydrogen) atoms. The first kappa shape index (κ1) is 11.2. The fourth-order valence-corrected chi connectivity index (χ4v) is 1.48. The zero-order chi connectivity index (χ0) is 10.4. The van der Waals surface area contributed by atoms with Crippen molar-refractivity contribution in [2.75, 3.05) is 20.8 Å². The van der Waals surface area contributed by atoms with Crippen LogP contribution in [0.4, 0.5) is 0 Å². The molecule has 2 N–H and O–H groups in total. The Labute approximate surface area is 84.8 Å². The van der Waals surface area contributed by atoms with Crippen molar-refractivity contribution >= 4 is 0 Å². The quantitative estimate of drug-likeness (QED) is 0.771. The van der Waals surface area contributed by atoms with Gasteiger partial charge in [0, 0.05) is 14.2 Å². The average molecular weight is 195 g/mol. The van der Waals surface area contributed by atoms with Gasteiger partial charge in [-0.1, -0.05) is 30.3 Å². The third-order valence-electron chi connectivity index (χ3n) is 2.13. The minimum Gasteiger partial charge on any atom is -0.383 e. The largest absolute Gasteiger partial charge is 0.383 e. The molecule has 0 amide bonds. The highest BCUT2D eigenvalue weighted by Gasteiger charge is 2.18. The number of benzene rings is 1. The number of ether oxygens (including phenoxy) is 2. The molecular weight excluding hydrogens is 178 g/mol. The molecule has 0 saturated carbocycles. The molecule has 1 unspecified atom stereocenters. The lowest BCUT2D eigenvalue weighted by Gasteiger charge is -2.22. The van der Waals surface area contributed by atoms with Crippen LogP contribution in [0.25, 0.3) is 0 Å². The molecule has 2 atom stereocenters. The molecule has 78 valence electrons. The van der Waals surface area contributed by atoms with E-state index in [2.05, 4.69) is 0 Å². The summed E-state index contributed by atoms with van der Waals surface area (Å²) in [5, 5.41) is 0. The van der Waals surface area contributed by atoms with Crippen LogP contribution in [-0.4, -0.2) is 26.9 Å². The molecule has 0 bridgehead atoms. The summed E-state index contributed by atoms with van der Waals surface area (Å²) in [4.78, 5) is 0. The maximum absolute atomic E-state index is 5.92. The van der Waals surface area contributed by atoms with Gasteiger partial charge in [-0.2, -0.15) is 0 Å². The van der Waals surface area contributed by atoms with E-state index in [1.165, 1.54) is 0 Å². The maximum Gasteiger partial charge on any atom is 0.0994 e. The smallest absolute Gasteiger partial charge is 0.0994 e. The first-order valence-electron chi connectivity index (χ1n) is 4.62. The summed E-state index contributed by atoms with van der Waals surface area (Å²) in [7, 11) is 3.30. The molecule has 0 aliphatic rings. The lowest BCUT2D eigenvalue weighted by molar-refractivity contribution is 0.0474. The molecule has 0 radical (unpaired) electrons. The van der Waals surface area contributed by atoms with E-state index in [0.29, 0.717) is 6.61 Å². The Morgan fingerprint density at radius 1 is 1.21 bits per heavy atom. The molecule has 0 spiro atoms. The Morgan fingerprint density at radius 2 is 1.86 bits per heavy atom. The van der Waals surface area contributed by atoms with Crippen molar-refractivity contribution in [1.82, 2.24) is 0 Å². The fraction of sp³-hybridized carbons (Fsp3) is 0.455. The number of hydrogen-bond acceptors (Lipinski definition) is 3. The molecule has 3 nitrogen and oxygen atoms in total. The zero-order valence-electron chi connectivity index (χ0n) is 8.64. The van der Waals surface area contributed by atoms with Crippen LogP contribution in [0.2, 0.25) is 0 Å². The summed E-state index contributed by atoms with van der Waals surface area (Å²) in [5.74, 6) is 0. The van der Waals surface area contributed by atoms with Gasteiger partial charge >= 0.3 is 0 Å². The molecule has 1 aromatic rings. The molecule has 0 heterocycles. The van der Waals surface area contributed by atoms with E-state index in [9.17, 15) is 0 Å². The van der Waals surface area contributed by atoms with E-state index >= 15 is 0 Å². The van der Waals surface area contributed by atoms with Gasteiger partial charge in [-0.15, -0.1) is 0 Å². The second kappa shape index (κ2) is 5.75. The van der Waals surface area contributed by atoms with Gasteiger partial charge in [0.2, 0.25) is 0 Å². The predicted octanol–water partition coefficient (Wildman–Crippen LogP) is 1.35. The summed E-state index contributed by atoms with van der Waals surface area (Å²) >= 11 is 0. The number of methoxy groups -OCH3 is 2. The van der Waals surface area contributed by atoms with Crippen LogP contribution in [0.1, 0.15) is 11.7 Å². The van der Waals surface area contributed by atoms with E-state index in [4.69, 9.17) is 15.2 Å². The summed E-state index contributed by atoms with van der Waals surface area (Å²) in [6.07, 6.45) is -0.101. The van der Waals surface area contributed by atoms with Crippen LogP contribution in [-0.2, 0) is 9.47 Å². The van der Waals surface area contributed by atoms with Crippen molar-refractivity contribution in [3.05, 3.63) is 35.9 Å². The van der Waals surface area contributed by atoms with Gasteiger partial charge in [0.05, 0.1) is 18.8 Å². The fourth-order valence-electron chi connectivity index (χ4n) is 1.48. The SMILES string of the molecule is COC[C@@H](N)C(OC)c1ccccc1. The first-order chi connectivity index (χ1) is 6.79. The second-order valence-electron chi connectivity index (χ2n) is 3.19.